The number of hydrogen-bond acceptors (Lipinski definition) is 3. The molecule has 1 N–H and O–H groups in total. The highest BCUT2D eigenvalue weighted by Crippen LogP contribution is 2.27. The summed E-state index contributed by atoms with van der Waals surface area (Å²) in [6.07, 6.45) is 0. The van der Waals surface area contributed by atoms with Gasteiger partial charge in [-0.3, -0.25) is 0 Å². The molecular weight excluding hydrogens is 190 g/mol. The fourth-order valence-corrected chi connectivity index (χ4v) is 2.08. The molecule has 2 rings (SSSR count). The Hall–Kier alpha value is -1.06. The second-order valence-electron chi connectivity index (χ2n) is 3.85. The van der Waals surface area contributed by atoms with Crippen molar-refractivity contribution in [1.82, 2.24) is 5.32 Å². The van der Waals surface area contributed by atoms with Crippen molar-refractivity contribution in [1.29, 1.82) is 0 Å². The van der Waals surface area contributed by atoms with Gasteiger partial charge in [-0.05, 0) is 23.3 Å². The van der Waals surface area contributed by atoms with Crippen LogP contribution in [0.3, 0.4) is 0 Å². The summed E-state index contributed by atoms with van der Waals surface area (Å²) < 4.78 is 10.5. The molecule has 0 amide bonds. The van der Waals surface area contributed by atoms with E-state index in [1.165, 1.54) is 11.1 Å². The second kappa shape index (κ2) is 4.64. The molecule has 0 aliphatic carbocycles. The van der Waals surface area contributed by atoms with E-state index in [4.69, 9.17) is 9.47 Å². The van der Waals surface area contributed by atoms with E-state index >= 15 is 0 Å². The predicted molar refractivity (Wildman–Crippen MR) is 59.3 cm³/mol. The normalized spacial score (nSPS) is 19.7. The van der Waals surface area contributed by atoms with Crippen molar-refractivity contribution < 1.29 is 9.47 Å². The molecule has 0 spiro atoms. The Balaban J connectivity index is 2.30. The lowest BCUT2D eigenvalue weighted by Crippen LogP contribution is -2.30. The van der Waals surface area contributed by atoms with Crippen LogP contribution in [0.15, 0.2) is 18.2 Å². The third kappa shape index (κ3) is 2.13. The summed E-state index contributed by atoms with van der Waals surface area (Å²) in [4.78, 5) is 0. The molecule has 1 atom stereocenters. The van der Waals surface area contributed by atoms with Crippen molar-refractivity contribution in [2.24, 2.45) is 0 Å². The van der Waals surface area contributed by atoms with Gasteiger partial charge >= 0.3 is 0 Å². The summed E-state index contributed by atoms with van der Waals surface area (Å²) in [6, 6.07) is 6.26. The lowest BCUT2D eigenvalue weighted by Gasteiger charge is -2.26. The molecular formula is C12H17NO2. The lowest BCUT2D eigenvalue weighted by molar-refractivity contribution is 0.175. The van der Waals surface area contributed by atoms with Crippen LogP contribution in [0.5, 0.6) is 5.75 Å². The van der Waals surface area contributed by atoms with Gasteiger partial charge in [-0.2, -0.15) is 0 Å². The number of ether oxygens (including phenoxy) is 2. The minimum Gasteiger partial charge on any atom is -0.497 e. The van der Waals surface area contributed by atoms with Crippen molar-refractivity contribution in [2.45, 2.75) is 12.5 Å². The minimum atomic E-state index is 0.439. The summed E-state index contributed by atoms with van der Waals surface area (Å²) >= 11 is 0. The SMILES string of the molecule is COCC1CNCc2ccc(OC)cc21. The highest BCUT2D eigenvalue weighted by molar-refractivity contribution is 5.39. The van der Waals surface area contributed by atoms with Crippen molar-refractivity contribution >= 4 is 0 Å². The Kier molecular flexibility index (Phi) is 3.23. The molecule has 0 radical (unpaired) electrons. The van der Waals surface area contributed by atoms with Crippen LogP contribution in [0.25, 0.3) is 0 Å². The van der Waals surface area contributed by atoms with Crippen LogP contribution >= 0.6 is 0 Å². The van der Waals surface area contributed by atoms with E-state index in [1.807, 2.05) is 6.07 Å². The topological polar surface area (TPSA) is 30.5 Å². The molecule has 15 heavy (non-hydrogen) atoms. The number of fused-ring (bicyclic) bond motifs is 1. The fraction of sp³-hybridized carbons (Fsp3) is 0.500. The summed E-state index contributed by atoms with van der Waals surface area (Å²) in [6.45, 7) is 2.68. The van der Waals surface area contributed by atoms with Gasteiger partial charge in [-0.25, -0.2) is 0 Å². The summed E-state index contributed by atoms with van der Waals surface area (Å²) in [7, 11) is 3.45. The van der Waals surface area contributed by atoms with Gasteiger partial charge in [-0.1, -0.05) is 6.07 Å². The first-order valence-corrected chi connectivity index (χ1v) is 5.21. The lowest BCUT2D eigenvalue weighted by atomic mass is 9.91. The van der Waals surface area contributed by atoms with Crippen LogP contribution in [0.2, 0.25) is 0 Å². The molecule has 0 bridgehead atoms. The maximum absolute atomic E-state index is 5.25. The van der Waals surface area contributed by atoms with E-state index in [-0.39, 0.29) is 0 Å². The number of hydrogen-bond donors (Lipinski definition) is 1. The molecule has 1 unspecified atom stereocenters. The Morgan fingerprint density at radius 2 is 2.27 bits per heavy atom. The Bertz CT molecular complexity index is 338. The first-order valence-electron chi connectivity index (χ1n) is 5.21. The Labute approximate surface area is 90.4 Å². The van der Waals surface area contributed by atoms with Gasteiger partial charge in [0, 0.05) is 26.1 Å². The van der Waals surface area contributed by atoms with Crippen LogP contribution in [0.4, 0.5) is 0 Å². The first kappa shape index (κ1) is 10.5. The maximum atomic E-state index is 5.25. The number of nitrogens with one attached hydrogen (secondary N) is 1. The van der Waals surface area contributed by atoms with Crippen molar-refractivity contribution in [3.8, 4) is 5.75 Å². The molecule has 0 aromatic heterocycles. The zero-order chi connectivity index (χ0) is 10.7. The highest BCUT2D eigenvalue weighted by Gasteiger charge is 2.20. The zero-order valence-corrected chi connectivity index (χ0v) is 9.25. The summed E-state index contributed by atoms with van der Waals surface area (Å²) in [5.41, 5.74) is 2.71. The van der Waals surface area contributed by atoms with Crippen LogP contribution in [0.1, 0.15) is 17.0 Å². The molecule has 1 aromatic carbocycles. The van der Waals surface area contributed by atoms with Gasteiger partial charge in [0.25, 0.3) is 0 Å². The largest absolute Gasteiger partial charge is 0.497 e. The van der Waals surface area contributed by atoms with Crippen LogP contribution in [-0.2, 0) is 11.3 Å². The predicted octanol–water partition coefficient (Wildman–Crippen LogP) is 1.53. The maximum Gasteiger partial charge on any atom is 0.119 e. The molecule has 0 saturated carbocycles. The highest BCUT2D eigenvalue weighted by atomic mass is 16.5. The monoisotopic (exact) mass is 207 g/mol. The zero-order valence-electron chi connectivity index (χ0n) is 9.25. The average molecular weight is 207 g/mol. The van der Waals surface area contributed by atoms with Crippen LogP contribution in [0, 0.1) is 0 Å². The first-order chi connectivity index (χ1) is 7.35. The minimum absolute atomic E-state index is 0.439. The molecule has 3 nitrogen and oxygen atoms in total. The summed E-state index contributed by atoms with van der Waals surface area (Å²) in [5, 5.41) is 3.39. The molecule has 1 aromatic rings. The second-order valence-corrected chi connectivity index (χ2v) is 3.85. The average Bonchev–Trinajstić information content (AvgIpc) is 2.29. The van der Waals surface area contributed by atoms with Gasteiger partial charge in [0.15, 0.2) is 0 Å². The molecule has 1 aliphatic heterocycles. The third-order valence-electron chi connectivity index (χ3n) is 2.87. The molecule has 0 fully saturated rings. The summed E-state index contributed by atoms with van der Waals surface area (Å²) in [5.74, 6) is 1.37. The number of rotatable bonds is 3. The van der Waals surface area contributed by atoms with Crippen molar-refractivity contribution in [2.75, 3.05) is 27.4 Å². The third-order valence-corrected chi connectivity index (χ3v) is 2.87. The molecule has 1 heterocycles. The van der Waals surface area contributed by atoms with Crippen LogP contribution in [-0.4, -0.2) is 27.4 Å². The van der Waals surface area contributed by atoms with E-state index in [9.17, 15) is 0 Å². The van der Waals surface area contributed by atoms with Crippen molar-refractivity contribution in [3.05, 3.63) is 29.3 Å². The van der Waals surface area contributed by atoms with E-state index in [0.29, 0.717) is 5.92 Å². The smallest absolute Gasteiger partial charge is 0.119 e. The van der Waals surface area contributed by atoms with Gasteiger partial charge in [0.1, 0.15) is 5.75 Å². The van der Waals surface area contributed by atoms with Crippen molar-refractivity contribution in [3.63, 3.8) is 0 Å². The Morgan fingerprint density at radius 1 is 1.40 bits per heavy atom. The van der Waals surface area contributed by atoms with E-state index in [1.54, 1.807) is 14.2 Å². The standard InChI is InChI=1S/C12H17NO2/c1-14-8-10-7-13-6-9-3-4-11(15-2)5-12(9)10/h3-5,10,13H,6-8H2,1-2H3. The number of methoxy groups -OCH3 is 2. The quantitative estimate of drug-likeness (QED) is 0.815. The van der Waals surface area contributed by atoms with Gasteiger partial charge in [0.2, 0.25) is 0 Å². The molecule has 1 aliphatic rings. The van der Waals surface area contributed by atoms with Gasteiger partial charge in [-0.15, -0.1) is 0 Å². The van der Waals surface area contributed by atoms with Crippen LogP contribution < -0.4 is 10.1 Å². The molecule has 82 valence electrons. The molecule has 3 heteroatoms. The van der Waals surface area contributed by atoms with E-state index in [0.717, 1.165) is 25.4 Å². The molecule has 0 saturated heterocycles. The van der Waals surface area contributed by atoms with E-state index < -0.39 is 0 Å². The van der Waals surface area contributed by atoms with Gasteiger partial charge in [0.05, 0.1) is 13.7 Å². The Morgan fingerprint density at radius 3 is 3.00 bits per heavy atom. The fourth-order valence-electron chi connectivity index (χ4n) is 2.08. The van der Waals surface area contributed by atoms with E-state index in [2.05, 4.69) is 17.4 Å². The van der Waals surface area contributed by atoms with Gasteiger partial charge < -0.3 is 14.8 Å². The number of benzene rings is 1.